The van der Waals surface area contributed by atoms with Crippen molar-refractivity contribution in [2.75, 3.05) is 12.8 Å². The predicted octanol–water partition coefficient (Wildman–Crippen LogP) is 3.13. The second-order valence-corrected chi connectivity index (χ2v) is 4.89. The summed E-state index contributed by atoms with van der Waals surface area (Å²) in [5, 5.41) is 8.99. The van der Waals surface area contributed by atoms with Crippen LogP contribution in [0.15, 0.2) is 52.3 Å². The van der Waals surface area contributed by atoms with Crippen molar-refractivity contribution in [3.8, 4) is 5.75 Å². The molecule has 0 amide bonds. The van der Waals surface area contributed by atoms with E-state index in [4.69, 9.17) is 15.6 Å². The van der Waals surface area contributed by atoms with Crippen LogP contribution in [-0.4, -0.2) is 18.2 Å². The SMILES string of the molecule is COc1ccccc1Sc1cc(C(=O)O)ccc1N. The van der Waals surface area contributed by atoms with Gasteiger partial charge >= 0.3 is 5.97 Å². The minimum absolute atomic E-state index is 0.214. The van der Waals surface area contributed by atoms with E-state index < -0.39 is 5.97 Å². The van der Waals surface area contributed by atoms with Gasteiger partial charge in [-0.1, -0.05) is 23.9 Å². The van der Waals surface area contributed by atoms with Crippen LogP contribution < -0.4 is 10.5 Å². The summed E-state index contributed by atoms with van der Waals surface area (Å²) in [5.41, 5.74) is 6.63. The number of carboxylic acid groups (broad SMARTS) is 1. The van der Waals surface area contributed by atoms with E-state index in [1.54, 1.807) is 19.2 Å². The minimum atomic E-state index is -0.970. The maximum Gasteiger partial charge on any atom is 0.335 e. The summed E-state index contributed by atoms with van der Waals surface area (Å²) in [6.45, 7) is 0. The van der Waals surface area contributed by atoms with Crippen LogP contribution in [0.25, 0.3) is 0 Å². The number of hydrogen-bond acceptors (Lipinski definition) is 4. The number of nitrogen functional groups attached to an aromatic ring is 1. The monoisotopic (exact) mass is 275 g/mol. The summed E-state index contributed by atoms with van der Waals surface area (Å²) in [6.07, 6.45) is 0. The summed E-state index contributed by atoms with van der Waals surface area (Å²) >= 11 is 1.38. The maximum atomic E-state index is 11.0. The van der Waals surface area contributed by atoms with Gasteiger partial charge in [0.15, 0.2) is 0 Å². The van der Waals surface area contributed by atoms with Gasteiger partial charge in [0.25, 0.3) is 0 Å². The highest BCUT2D eigenvalue weighted by molar-refractivity contribution is 7.99. The first-order valence-corrected chi connectivity index (χ1v) is 6.37. The molecule has 3 N–H and O–H groups in total. The van der Waals surface area contributed by atoms with Crippen molar-refractivity contribution in [3.63, 3.8) is 0 Å². The maximum absolute atomic E-state index is 11.0. The lowest BCUT2D eigenvalue weighted by molar-refractivity contribution is 0.0696. The zero-order valence-corrected chi connectivity index (χ0v) is 11.1. The largest absolute Gasteiger partial charge is 0.496 e. The molecule has 0 radical (unpaired) electrons. The summed E-state index contributed by atoms with van der Waals surface area (Å²) < 4.78 is 5.26. The molecule has 0 atom stereocenters. The first kappa shape index (κ1) is 13.3. The molecule has 0 aliphatic carbocycles. The van der Waals surface area contributed by atoms with Crippen molar-refractivity contribution in [1.82, 2.24) is 0 Å². The molecule has 98 valence electrons. The number of methoxy groups -OCH3 is 1. The molecule has 0 aliphatic heterocycles. The second kappa shape index (κ2) is 5.67. The Morgan fingerprint density at radius 2 is 1.95 bits per heavy atom. The quantitative estimate of drug-likeness (QED) is 0.839. The van der Waals surface area contributed by atoms with Crippen LogP contribution in [0.1, 0.15) is 10.4 Å². The molecule has 19 heavy (non-hydrogen) atoms. The van der Waals surface area contributed by atoms with Crippen LogP contribution in [0, 0.1) is 0 Å². The van der Waals surface area contributed by atoms with Crippen LogP contribution in [0.3, 0.4) is 0 Å². The standard InChI is InChI=1S/C14H13NO3S/c1-18-11-4-2-3-5-12(11)19-13-8-9(14(16)17)6-7-10(13)15/h2-8H,15H2,1H3,(H,16,17). The van der Waals surface area contributed by atoms with Gasteiger partial charge in [0.1, 0.15) is 5.75 Å². The average molecular weight is 275 g/mol. The number of carboxylic acids is 1. The van der Waals surface area contributed by atoms with Crippen LogP contribution in [0.2, 0.25) is 0 Å². The average Bonchev–Trinajstić information content (AvgIpc) is 2.41. The number of benzene rings is 2. The van der Waals surface area contributed by atoms with Gasteiger partial charge in [-0.2, -0.15) is 0 Å². The summed E-state index contributed by atoms with van der Waals surface area (Å²) in [4.78, 5) is 12.6. The molecule has 0 heterocycles. The molecule has 0 fully saturated rings. The van der Waals surface area contributed by atoms with Crippen molar-refractivity contribution >= 4 is 23.4 Å². The van der Waals surface area contributed by atoms with Crippen LogP contribution in [0.4, 0.5) is 5.69 Å². The van der Waals surface area contributed by atoms with Gasteiger partial charge in [-0.15, -0.1) is 0 Å². The van der Waals surface area contributed by atoms with E-state index in [9.17, 15) is 4.79 Å². The normalized spacial score (nSPS) is 10.2. The van der Waals surface area contributed by atoms with Gasteiger partial charge in [0.2, 0.25) is 0 Å². The third kappa shape index (κ3) is 3.00. The third-order valence-electron chi connectivity index (χ3n) is 2.55. The van der Waals surface area contributed by atoms with Crippen LogP contribution >= 0.6 is 11.8 Å². The zero-order chi connectivity index (χ0) is 13.8. The topological polar surface area (TPSA) is 72.5 Å². The van der Waals surface area contributed by atoms with Gasteiger partial charge in [-0.3, -0.25) is 0 Å². The van der Waals surface area contributed by atoms with Crippen molar-refractivity contribution in [2.24, 2.45) is 0 Å². The van der Waals surface area contributed by atoms with Crippen molar-refractivity contribution < 1.29 is 14.6 Å². The van der Waals surface area contributed by atoms with Crippen molar-refractivity contribution in [1.29, 1.82) is 0 Å². The molecule has 0 unspecified atom stereocenters. The Morgan fingerprint density at radius 3 is 2.63 bits per heavy atom. The Morgan fingerprint density at radius 1 is 1.21 bits per heavy atom. The molecule has 2 aromatic carbocycles. The predicted molar refractivity (Wildman–Crippen MR) is 74.9 cm³/mol. The number of aromatic carboxylic acids is 1. The highest BCUT2D eigenvalue weighted by atomic mass is 32.2. The van der Waals surface area contributed by atoms with E-state index in [0.29, 0.717) is 10.6 Å². The van der Waals surface area contributed by atoms with E-state index in [1.165, 1.54) is 17.8 Å². The first-order valence-electron chi connectivity index (χ1n) is 5.55. The number of anilines is 1. The number of para-hydroxylation sites is 1. The lowest BCUT2D eigenvalue weighted by Crippen LogP contribution is -1.98. The Kier molecular flexibility index (Phi) is 3.97. The molecule has 0 saturated carbocycles. The van der Waals surface area contributed by atoms with Gasteiger partial charge in [0.05, 0.1) is 17.6 Å². The van der Waals surface area contributed by atoms with Crippen molar-refractivity contribution in [3.05, 3.63) is 48.0 Å². The summed E-state index contributed by atoms with van der Waals surface area (Å²) in [5.74, 6) is -0.241. The molecule has 0 bridgehead atoms. The Labute approximate surface area is 115 Å². The molecule has 0 saturated heterocycles. The number of ether oxygens (including phenoxy) is 1. The third-order valence-corrected chi connectivity index (χ3v) is 3.68. The fourth-order valence-corrected chi connectivity index (χ4v) is 2.58. The van der Waals surface area contributed by atoms with Crippen molar-refractivity contribution in [2.45, 2.75) is 9.79 Å². The summed E-state index contributed by atoms with van der Waals surface area (Å²) in [7, 11) is 1.59. The van der Waals surface area contributed by atoms with E-state index in [2.05, 4.69) is 0 Å². The lowest BCUT2D eigenvalue weighted by atomic mass is 10.2. The zero-order valence-electron chi connectivity index (χ0n) is 10.3. The summed E-state index contributed by atoms with van der Waals surface area (Å²) in [6, 6.07) is 12.2. The fourth-order valence-electron chi connectivity index (χ4n) is 1.58. The molecular formula is C14H13NO3S. The van der Waals surface area contributed by atoms with E-state index in [-0.39, 0.29) is 5.56 Å². The molecule has 0 aromatic heterocycles. The highest BCUT2D eigenvalue weighted by Gasteiger charge is 2.10. The molecule has 2 rings (SSSR count). The molecule has 0 spiro atoms. The minimum Gasteiger partial charge on any atom is -0.496 e. The Bertz CT molecular complexity index is 613. The fraction of sp³-hybridized carbons (Fsp3) is 0.0714. The van der Waals surface area contributed by atoms with Gasteiger partial charge < -0.3 is 15.6 Å². The number of rotatable bonds is 4. The lowest BCUT2D eigenvalue weighted by Gasteiger charge is -2.10. The second-order valence-electron chi connectivity index (χ2n) is 3.81. The number of hydrogen-bond donors (Lipinski definition) is 2. The van der Waals surface area contributed by atoms with Gasteiger partial charge in [-0.05, 0) is 30.3 Å². The number of carbonyl (C=O) groups is 1. The number of nitrogens with two attached hydrogens (primary N) is 1. The van der Waals surface area contributed by atoms with Gasteiger partial charge in [0, 0.05) is 10.6 Å². The van der Waals surface area contributed by atoms with Crippen LogP contribution in [0.5, 0.6) is 5.75 Å². The van der Waals surface area contributed by atoms with Crippen LogP contribution in [-0.2, 0) is 0 Å². The molecule has 5 heteroatoms. The van der Waals surface area contributed by atoms with E-state index >= 15 is 0 Å². The van der Waals surface area contributed by atoms with E-state index in [1.807, 2.05) is 24.3 Å². The Balaban J connectivity index is 2.37. The van der Waals surface area contributed by atoms with E-state index in [0.717, 1.165) is 10.6 Å². The highest BCUT2D eigenvalue weighted by Crippen LogP contribution is 2.37. The van der Waals surface area contributed by atoms with Gasteiger partial charge in [-0.25, -0.2) is 4.79 Å². The smallest absolute Gasteiger partial charge is 0.335 e. The molecule has 4 nitrogen and oxygen atoms in total. The molecule has 2 aromatic rings. The Hall–Kier alpha value is -2.14. The first-order chi connectivity index (χ1) is 9.11. The molecule has 0 aliphatic rings. The molecular weight excluding hydrogens is 262 g/mol.